The number of carbonyl (C=O) groups excluding carboxylic acids is 2. The van der Waals surface area contributed by atoms with Crippen molar-refractivity contribution in [3.8, 4) is 0 Å². The number of hydrogen-bond donors (Lipinski definition) is 2. The summed E-state index contributed by atoms with van der Waals surface area (Å²) < 4.78 is 27.4. The van der Waals surface area contributed by atoms with Gasteiger partial charge < -0.3 is 16.0 Å². The number of halogens is 2. The number of nitrogens with two attached hydrogens (primary N) is 1. The van der Waals surface area contributed by atoms with Crippen molar-refractivity contribution in [3.63, 3.8) is 0 Å². The maximum Gasteiger partial charge on any atom is 0.255 e. The Morgan fingerprint density at radius 1 is 0.970 bits per heavy atom. The minimum Gasteiger partial charge on any atom is -0.334 e. The van der Waals surface area contributed by atoms with Crippen molar-refractivity contribution in [3.05, 3.63) is 95.3 Å². The van der Waals surface area contributed by atoms with Crippen LogP contribution in [0.3, 0.4) is 0 Å². The molecule has 0 saturated heterocycles. The van der Waals surface area contributed by atoms with E-state index < -0.39 is 23.0 Å². The van der Waals surface area contributed by atoms with E-state index >= 15 is 0 Å². The van der Waals surface area contributed by atoms with Crippen molar-refractivity contribution in [1.29, 1.82) is 0 Å². The van der Waals surface area contributed by atoms with Gasteiger partial charge in [-0.3, -0.25) is 14.6 Å². The van der Waals surface area contributed by atoms with Gasteiger partial charge in [0, 0.05) is 48.4 Å². The highest BCUT2D eigenvalue weighted by molar-refractivity contribution is 6.04. The topological polar surface area (TPSA) is 88.3 Å². The molecule has 1 aromatic heterocycles. The summed E-state index contributed by atoms with van der Waals surface area (Å²) in [6.45, 7) is 4.66. The first-order valence-corrected chi connectivity index (χ1v) is 10.4. The summed E-state index contributed by atoms with van der Waals surface area (Å²) in [6, 6.07) is 13.0. The number of nitrogens with one attached hydrogen (secondary N) is 1. The van der Waals surface area contributed by atoms with E-state index in [4.69, 9.17) is 5.73 Å². The van der Waals surface area contributed by atoms with Gasteiger partial charge in [-0.2, -0.15) is 0 Å². The summed E-state index contributed by atoms with van der Waals surface area (Å²) in [5, 5.41) is 2.80. The van der Waals surface area contributed by atoms with Crippen LogP contribution in [0.5, 0.6) is 0 Å². The molecule has 172 valence electrons. The molecule has 0 saturated carbocycles. The lowest BCUT2D eigenvalue weighted by Gasteiger charge is -2.32. The summed E-state index contributed by atoms with van der Waals surface area (Å²) in [7, 11) is 0. The molecule has 6 nitrogen and oxygen atoms in total. The zero-order chi connectivity index (χ0) is 24.0. The molecule has 1 heterocycles. The number of amides is 2. The lowest BCUT2D eigenvalue weighted by Crippen LogP contribution is -2.41. The van der Waals surface area contributed by atoms with E-state index in [1.54, 1.807) is 36.4 Å². The third-order valence-electron chi connectivity index (χ3n) is 5.10. The molecule has 2 aromatic carbocycles. The number of hydrogen-bond acceptors (Lipinski definition) is 4. The van der Waals surface area contributed by atoms with Crippen molar-refractivity contribution in [2.24, 2.45) is 11.1 Å². The average molecular weight is 453 g/mol. The summed E-state index contributed by atoms with van der Waals surface area (Å²) in [5.74, 6) is -2.39. The van der Waals surface area contributed by atoms with Crippen LogP contribution in [0.15, 0.2) is 67.0 Å². The Morgan fingerprint density at radius 2 is 1.58 bits per heavy atom. The lowest BCUT2D eigenvalue weighted by molar-refractivity contribution is 0.0672. The Kier molecular flexibility index (Phi) is 7.50. The van der Waals surface area contributed by atoms with E-state index in [0.717, 1.165) is 23.8 Å². The van der Waals surface area contributed by atoms with Crippen LogP contribution < -0.4 is 11.1 Å². The average Bonchev–Trinajstić information content (AvgIpc) is 2.79. The van der Waals surface area contributed by atoms with Crippen molar-refractivity contribution in [1.82, 2.24) is 9.88 Å². The molecule has 0 fully saturated rings. The maximum atomic E-state index is 13.7. The van der Waals surface area contributed by atoms with Crippen LogP contribution in [-0.2, 0) is 6.54 Å². The third kappa shape index (κ3) is 6.66. The molecule has 0 atom stereocenters. The fourth-order valence-electron chi connectivity index (χ4n) is 3.26. The second-order valence-electron chi connectivity index (χ2n) is 8.57. The van der Waals surface area contributed by atoms with Gasteiger partial charge in [0.15, 0.2) is 0 Å². The van der Waals surface area contributed by atoms with Gasteiger partial charge in [-0.1, -0.05) is 26.0 Å². The first kappa shape index (κ1) is 24.0. The highest BCUT2D eigenvalue weighted by Crippen LogP contribution is 2.21. The summed E-state index contributed by atoms with van der Waals surface area (Å²) in [4.78, 5) is 30.8. The van der Waals surface area contributed by atoms with Crippen molar-refractivity contribution < 1.29 is 18.4 Å². The Hall–Kier alpha value is -3.65. The number of nitrogens with zero attached hydrogens (tertiary/aromatic N) is 2. The Labute approximate surface area is 191 Å². The monoisotopic (exact) mass is 452 g/mol. The smallest absolute Gasteiger partial charge is 0.255 e. The summed E-state index contributed by atoms with van der Waals surface area (Å²) in [5.41, 5.74) is 7.24. The second kappa shape index (κ2) is 10.3. The van der Waals surface area contributed by atoms with Gasteiger partial charge in [0.05, 0.1) is 0 Å². The number of carbonyl (C=O) groups is 2. The third-order valence-corrected chi connectivity index (χ3v) is 5.10. The SMILES string of the molecule is CC(C)(CN)CN(Cc1ccc(NC(=O)c2ccncc2)cc1)C(=O)c1cc(F)cc(F)c1. The van der Waals surface area contributed by atoms with Gasteiger partial charge in [-0.15, -0.1) is 0 Å². The Bertz CT molecular complexity index is 1100. The molecule has 33 heavy (non-hydrogen) atoms. The number of anilines is 1. The Morgan fingerprint density at radius 3 is 2.15 bits per heavy atom. The van der Waals surface area contributed by atoms with Crippen LogP contribution in [0.1, 0.15) is 40.1 Å². The van der Waals surface area contributed by atoms with Crippen molar-refractivity contribution in [2.45, 2.75) is 20.4 Å². The standard InChI is InChI=1S/C25H26F2N4O2/c1-25(2,15-28)16-31(24(33)19-11-20(26)13-21(27)12-19)14-17-3-5-22(6-4-17)30-23(32)18-7-9-29-10-8-18/h3-13H,14-16,28H2,1-2H3,(H,30,32). The molecule has 0 spiro atoms. The van der Waals surface area contributed by atoms with E-state index in [-0.39, 0.29) is 18.0 Å². The van der Waals surface area contributed by atoms with E-state index in [2.05, 4.69) is 10.3 Å². The first-order chi connectivity index (χ1) is 15.7. The van der Waals surface area contributed by atoms with E-state index in [0.29, 0.717) is 24.3 Å². The van der Waals surface area contributed by atoms with Gasteiger partial charge in [-0.05, 0) is 53.9 Å². The molecule has 0 unspecified atom stereocenters. The normalized spacial score (nSPS) is 11.2. The van der Waals surface area contributed by atoms with Gasteiger partial charge in [0.1, 0.15) is 11.6 Å². The minimum absolute atomic E-state index is 0.0680. The predicted octanol–water partition coefficient (Wildman–Crippen LogP) is 4.24. The lowest BCUT2D eigenvalue weighted by atomic mass is 9.92. The minimum atomic E-state index is -0.814. The highest BCUT2D eigenvalue weighted by atomic mass is 19.1. The van der Waals surface area contributed by atoms with Crippen molar-refractivity contribution >= 4 is 17.5 Å². The number of rotatable bonds is 8. The van der Waals surface area contributed by atoms with Gasteiger partial charge in [0.25, 0.3) is 11.8 Å². The molecular formula is C25H26F2N4O2. The van der Waals surface area contributed by atoms with Crippen LogP contribution in [0.2, 0.25) is 0 Å². The maximum absolute atomic E-state index is 13.7. The fourth-order valence-corrected chi connectivity index (χ4v) is 3.26. The van der Waals surface area contributed by atoms with Crippen LogP contribution >= 0.6 is 0 Å². The van der Waals surface area contributed by atoms with Crippen LogP contribution in [0, 0.1) is 17.0 Å². The first-order valence-electron chi connectivity index (χ1n) is 10.4. The molecule has 3 N–H and O–H groups in total. The molecule has 0 aliphatic carbocycles. The van der Waals surface area contributed by atoms with E-state index in [9.17, 15) is 18.4 Å². The van der Waals surface area contributed by atoms with Crippen LogP contribution in [0.4, 0.5) is 14.5 Å². The predicted molar refractivity (Wildman–Crippen MR) is 123 cm³/mol. The van der Waals surface area contributed by atoms with Gasteiger partial charge >= 0.3 is 0 Å². The number of aromatic nitrogens is 1. The second-order valence-corrected chi connectivity index (χ2v) is 8.57. The molecule has 0 radical (unpaired) electrons. The Balaban J connectivity index is 1.77. The zero-order valence-electron chi connectivity index (χ0n) is 18.5. The van der Waals surface area contributed by atoms with E-state index in [1.807, 2.05) is 13.8 Å². The number of benzene rings is 2. The molecular weight excluding hydrogens is 426 g/mol. The van der Waals surface area contributed by atoms with E-state index in [1.165, 1.54) is 17.3 Å². The molecule has 8 heteroatoms. The van der Waals surface area contributed by atoms with Gasteiger partial charge in [-0.25, -0.2) is 8.78 Å². The van der Waals surface area contributed by atoms with Crippen LogP contribution in [-0.4, -0.2) is 34.8 Å². The summed E-state index contributed by atoms with van der Waals surface area (Å²) in [6.07, 6.45) is 3.08. The quantitative estimate of drug-likeness (QED) is 0.535. The van der Waals surface area contributed by atoms with Gasteiger partial charge in [0.2, 0.25) is 0 Å². The fraction of sp³-hybridized carbons (Fsp3) is 0.240. The van der Waals surface area contributed by atoms with Crippen LogP contribution in [0.25, 0.3) is 0 Å². The molecule has 0 aliphatic rings. The molecule has 3 rings (SSSR count). The molecule has 0 aliphatic heterocycles. The van der Waals surface area contributed by atoms with Crippen molar-refractivity contribution in [2.75, 3.05) is 18.4 Å². The molecule has 3 aromatic rings. The number of pyridine rings is 1. The highest BCUT2D eigenvalue weighted by Gasteiger charge is 2.25. The zero-order valence-corrected chi connectivity index (χ0v) is 18.5. The molecule has 0 bridgehead atoms. The largest absolute Gasteiger partial charge is 0.334 e. The summed E-state index contributed by atoms with van der Waals surface area (Å²) >= 11 is 0. The molecule has 2 amide bonds.